The van der Waals surface area contributed by atoms with Gasteiger partial charge in [-0.1, -0.05) is 23.7 Å². The van der Waals surface area contributed by atoms with Gasteiger partial charge in [-0.05, 0) is 23.8 Å². The van der Waals surface area contributed by atoms with E-state index in [0.717, 1.165) is 5.56 Å². The number of hydrogen-bond acceptors (Lipinski definition) is 3. The Morgan fingerprint density at radius 3 is 2.81 bits per heavy atom. The number of ether oxygens (including phenoxy) is 1. The number of hydrogen-bond donors (Lipinski definition) is 2. The first-order chi connectivity index (χ1) is 10.1. The van der Waals surface area contributed by atoms with Crippen LogP contribution in [0.3, 0.4) is 0 Å². The summed E-state index contributed by atoms with van der Waals surface area (Å²) in [5.74, 6) is 0.0981. The topological polar surface area (TPSA) is 50.4 Å². The number of carbonyl (C=O) groups is 1. The summed E-state index contributed by atoms with van der Waals surface area (Å²) in [6.45, 7) is 0.497. The van der Waals surface area contributed by atoms with Crippen molar-refractivity contribution in [3.8, 4) is 5.75 Å². The number of fused-ring (bicyclic) bond motifs is 1. The van der Waals surface area contributed by atoms with Crippen molar-refractivity contribution in [2.45, 2.75) is 6.54 Å². The lowest BCUT2D eigenvalue weighted by Crippen LogP contribution is -2.25. The minimum absolute atomic E-state index is 0.00790. The van der Waals surface area contributed by atoms with Crippen molar-refractivity contribution < 1.29 is 13.9 Å². The molecule has 0 saturated heterocycles. The zero-order valence-corrected chi connectivity index (χ0v) is 11.7. The van der Waals surface area contributed by atoms with Crippen LogP contribution in [0.4, 0.5) is 15.8 Å². The Morgan fingerprint density at radius 1 is 1.29 bits per heavy atom. The van der Waals surface area contributed by atoms with E-state index in [0.29, 0.717) is 28.7 Å². The molecule has 2 N–H and O–H groups in total. The molecule has 0 aromatic heterocycles. The van der Waals surface area contributed by atoms with Gasteiger partial charge >= 0.3 is 0 Å². The maximum atomic E-state index is 12.8. The molecule has 0 atom stereocenters. The first kappa shape index (κ1) is 13.7. The molecule has 0 bridgehead atoms. The number of benzene rings is 2. The van der Waals surface area contributed by atoms with Crippen LogP contribution in [0.2, 0.25) is 5.02 Å². The van der Waals surface area contributed by atoms with Gasteiger partial charge in [0.05, 0.1) is 16.4 Å². The van der Waals surface area contributed by atoms with Crippen LogP contribution in [0.1, 0.15) is 5.56 Å². The normalized spacial score (nSPS) is 13.1. The summed E-state index contributed by atoms with van der Waals surface area (Å²) >= 11 is 6.17. The van der Waals surface area contributed by atoms with Crippen LogP contribution in [-0.2, 0) is 11.3 Å². The smallest absolute Gasteiger partial charge is 0.262 e. The summed E-state index contributed by atoms with van der Waals surface area (Å²) in [5, 5.41) is 6.33. The lowest BCUT2D eigenvalue weighted by Gasteiger charge is -2.20. The van der Waals surface area contributed by atoms with E-state index in [-0.39, 0.29) is 18.3 Å². The number of halogens is 2. The van der Waals surface area contributed by atoms with Crippen molar-refractivity contribution in [3.05, 3.63) is 52.8 Å². The second-order valence-corrected chi connectivity index (χ2v) is 5.05. The van der Waals surface area contributed by atoms with Gasteiger partial charge < -0.3 is 15.4 Å². The summed E-state index contributed by atoms with van der Waals surface area (Å²) in [5.41, 5.74) is 2.18. The molecule has 0 fully saturated rings. The van der Waals surface area contributed by atoms with Crippen molar-refractivity contribution in [2.75, 3.05) is 17.2 Å². The third-order valence-electron chi connectivity index (χ3n) is 3.10. The van der Waals surface area contributed by atoms with E-state index in [4.69, 9.17) is 16.3 Å². The van der Waals surface area contributed by atoms with Crippen LogP contribution in [0.15, 0.2) is 36.4 Å². The Kier molecular flexibility index (Phi) is 3.66. The fraction of sp³-hybridized carbons (Fsp3) is 0.133. The largest absolute Gasteiger partial charge is 0.482 e. The van der Waals surface area contributed by atoms with E-state index in [9.17, 15) is 9.18 Å². The predicted molar refractivity (Wildman–Crippen MR) is 79.3 cm³/mol. The molecule has 1 amide bonds. The minimum Gasteiger partial charge on any atom is -0.482 e. The molecule has 2 aromatic rings. The van der Waals surface area contributed by atoms with E-state index < -0.39 is 0 Å². The van der Waals surface area contributed by atoms with Crippen molar-refractivity contribution in [1.82, 2.24) is 0 Å². The minimum atomic E-state index is -0.269. The maximum absolute atomic E-state index is 12.8. The van der Waals surface area contributed by atoms with Crippen molar-refractivity contribution >= 4 is 28.9 Å². The SMILES string of the molecule is O=C1COc2cc(NCc3ccc(F)cc3)c(Cl)cc2N1. The van der Waals surface area contributed by atoms with Gasteiger partial charge in [-0.2, -0.15) is 0 Å². The molecule has 1 aliphatic heterocycles. The first-order valence-corrected chi connectivity index (χ1v) is 6.74. The molecule has 1 aliphatic rings. The second kappa shape index (κ2) is 5.61. The lowest BCUT2D eigenvalue weighted by atomic mass is 10.2. The number of nitrogens with one attached hydrogen (secondary N) is 2. The number of carbonyl (C=O) groups excluding carboxylic acids is 1. The van der Waals surface area contributed by atoms with Crippen molar-refractivity contribution in [2.24, 2.45) is 0 Å². The van der Waals surface area contributed by atoms with Crippen LogP contribution < -0.4 is 15.4 Å². The average Bonchev–Trinajstić information content (AvgIpc) is 2.47. The zero-order valence-electron chi connectivity index (χ0n) is 11.0. The van der Waals surface area contributed by atoms with Crippen molar-refractivity contribution in [3.63, 3.8) is 0 Å². The number of anilines is 2. The molecule has 4 nitrogen and oxygen atoms in total. The third kappa shape index (κ3) is 3.08. The molecular weight excluding hydrogens is 295 g/mol. The van der Waals surface area contributed by atoms with Gasteiger partial charge in [0.25, 0.3) is 5.91 Å². The highest BCUT2D eigenvalue weighted by Gasteiger charge is 2.18. The molecule has 21 heavy (non-hydrogen) atoms. The molecule has 0 aliphatic carbocycles. The van der Waals surface area contributed by atoms with Gasteiger partial charge in [0, 0.05) is 12.6 Å². The van der Waals surface area contributed by atoms with Crippen LogP contribution in [0, 0.1) is 5.82 Å². The molecule has 2 aromatic carbocycles. The molecular formula is C15H12ClFN2O2. The second-order valence-electron chi connectivity index (χ2n) is 4.65. The van der Waals surface area contributed by atoms with Gasteiger partial charge in [0.15, 0.2) is 6.61 Å². The highest BCUT2D eigenvalue weighted by atomic mass is 35.5. The average molecular weight is 307 g/mol. The van der Waals surface area contributed by atoms with Crippen LogP contribution in [-0.4, -0.2) is 12.5 Å². The molecule has 1 heterocycles. The van der Waals surface area contributed by atoms with Gasteiger partial charge in [-0.3, -0.25) is 4.79 Å². The van der Waals surface area contributed by atoms with Gasteiger partial charge in [0.2, 0.25) is 0 Å². The van der Waals surface area contributed by atoms with E-state index in [1.165, 1.54) is 12.1 Å². The van der Waals surface area contributed by atoms with Crippen LogP contribution in [0.5, 0.6) is 5.75 Å². The Bertz CT molecular complexity index is 689. The van der Waals surface area contributed by atoms with Crippen LogP contribution in [0.25, 0.3) is 0 Å². The van der Waals surface area contributed by atoms with E-state index >= 15 is 0 Å². The Hall–Kier alpha value is -2.27. The molecule has 0 unspecified atom stereocenters. The first-order valence-electron chi connectivity index (χ1n) is 6.36. The standard InChI is InChI=1S/C15H12ClFN2O2/c16-11-5-13-14(21-8-15(20)19-13)6-12(11)18-7-9-1-3-10(17)4-2-9/h1-6,18H,7-8H2,(H,19,20). The number of rotatable bonds is 3. The quantitative estimate of drug-likeness (QED) is 0.913. The monoisotopic (exact) mass is 306 g/mol. The summed E-state index contributed by atoms with van der Waals surface area (Å²) in [6, 6.07) is 9.59. The van der Waals surface area contributed by atoms with Gasteiger partial charge in [-0.25, -0.2) is 4.39 Å². The van der Waals surface area contributed by atoms with E-state index in [1.54, 1.807) is 24.3 Å². The molecule has 0 spiro atoms. The Morgan fingerprint density at radius 2 is 2.05 bits per heavy atom. The summed E-state index contributed by atoms with van der Waals surface area (Å²) < 4.78 is 18.2. The van der Waals surface area contributed by atoms with Crippen LogP contribution >= 0.6 is 11.6 Å². The Balaban J connectivity index is 1.76. The zero-order chi connectivity index (χ0) is 14.8. The summed E-state index contributed by atoms with van der Waals surface area (Å²) in [7, 11) is 0. The van der Waals surface area contributed by atoms with Crippen molar-refractivity contribution in [1.29, 1.82) is 0 Å². The van der Waals surface area contributed by atoms with E-state index in [1.807, 2.05) is 0 Å². The Labute approximate surface area is 125 Å². The highest BCUT2D eigenvalue weighted by Crippen LogP contribution is 2.36. The lowest BCUT2D eigenvalue weighted by molar-refractivity contribution is -0.118. The summed E-state index contributed by atoms with van der Waals surface area (Å²) in [6.07, 6.45) is 0. The molecule has 6 heteroatoms. The van der Waals surface area contributed by atoms with Gasteiger partial charge in [-0.15, -0.1) is 0 Å². The van der Waals surface area contributed by atoms with Gasteiger partial charge in [0.1, 0.15) is 11.6 Å². The summed E-state index contributed by atoms with van der Waals surface area (Å²) in [4.78, 5) is 11.2. The fourth-order valence-electron chi connectivity index (χ4n) is 2.04. The predicted octanol–water partition coefficient (Wildman–Crippen LogP) is 3.42. The highest BCUT2D eigenvalue weighted by molar-refractivity contribution is 6.33. The molecule has 0 saturated carbocycles. The molecule has 108 valence electrons. The fourth-order valence-corrected chi connectivity index (χ4v) is 2.27. The maximum Gasteiger partial charge on any atom is 0.262 e. The molecule has 3 rings (SSSR count). The van der Waals surface area contributed by atoms with E-state index in [2.05, 4.69) is 10.6 Å². The third-order valence-corrected chi connectivity index (χ3v) is 3.41. The molecule has 0 radical (unpaired) electrons. The number of amides is 1.